The number of aromatic nitrogens is 3. The minimum atomic E-state index is -1.57. The largest absolute Gasteiger partial charge is 0.496 e. The summed E-state index contributed by atoms with van der Waals surface area (Å²) in [4.78, 5) is 41.8. The summed E-state index contributed by atoms with van der Waals surface area (Å²) in [5, 5.41) is 3.90. The quantitative estimate of drug-likeness (QED) is 0.303. The molecule has 2 aromatic carbocycles. The number of imidazole rings is 1. The molecule has 1 atom stereocenters. The van der Waals surface area contributed by atoms with Crippen molar-refractivity contribution >= 4 is 52.2 Å². The van der Waals surface area contributed by atoms with E-state index < -0.39 is 11.4 Å². The van der Waals surface area contributed by atoms with Gasteiger partial charge in [0.05, 0.1) is 24.1 Å². The molecule has 41 heavy (non-hydrogen) atoms. The number of aryl methyl sites for hydroxylation is 1. The van der Waals surface area contributed by atoms with E-state index in [1.54, 1.807) is 43.6 Å². The second kappa shape index (κ2) is 9.49. The summed E-state index contributed by atoms with van der Waals surface area (Å²) in [6.45, 7) is 5.85. The van der Waals surface area contributed by atoms with Gasteiger partial charge in [0.1, 0.15) is 17.4 Å². The highest BCUT2D eigenvalue weighted by atomic mass is 35.5. The van der Waals surface area contributed by atoms with Crippen LogP contribution in [-0.4, -0.2) is 47.6 Å². The van der Waals surface area contributed by atoms with Crippen LogP contribution in [0.25, 0.3) is 11.4 Å². The molecule has 2 aliphatic rings. The molecule has 1 N–H and O–H groups in total. The van der Waals surface area contributed by atoms with E-state index in [1.807, 2.05) is 56.5 Å². The molecule has 0 saturated carbocycles. The molecule has 0 radical (unpaired) electrons. The highest BCUT2D eigenvalue weighted by molar-refractivity contribution is 6.32. The molecule has 11 heteroatoms. The standard InChI is InChI=1S/C30H28Cl2N6O3/c1-15(2)37-26-25(35-27(37)19-14-33-24(36(4)5)13-23(19)41-6)28(39)38(22-12-18(32)8-7-16(22)3)30(26)20-10-9-17(31)11-21(20)34-29(30)40/h7-15H,1-6H3,(H,34,40)/t30-/m1/s1. The van der Waals surface area contributed by atoms with Crippen LogP contribution in [0.15, 0.2) is 48.7 Å². The van der Waals surface area contributed by atoms with E-state index in [2.05, 4.69) is 10.3 Å². The second-order valence-electron chi connectivity index (χ2n) is 10.7. The third kappa shape index (κ3) is 3.75. The lowest BCUT2D eigenvalue weighted by Crippen LogP contribution is -2.51. The Morgan fingerprint density at radius 2 is 1.76 bits per heavy atom. The number of rotatable bonds is 5. The van der Waals surface area contributed by atoms with Crippen molar-refractivity contribution in [3.05, 3.63) is 81.2 Å². The first kappa shape index (κ1) is 27.1. The number of benzene rings is 2. The lowest BCUT2D eigenvalue weighted by atomic mass is 9.86. The molecule has 6 rings (SSSR count). The Labute approximate surface area is 247 Å². The molecule has 2 amide bonds. The van der Waals surface area contributed by atoms with Gasteiger partial charge in [0.25, 0.3) is 11.8 Å². The Morgan fingerprint density at radius 3 is 2.44 bits per heavy atom. The summed E-state index contributed by atoms with van der Waals surface area (Å²) in [6.07, 6.45) is 1.68. The maximum atomic E-state index is 14.5. The van der Waals surface area contributed by atoms with Gasteiger partial charge in [-0.1, -0.05) is 35.3 Å². The van der Waals surface area contributed by atoms with Crippen LogP contribution >= 0.6 is 23.2 Å². The summed E-state index contributed by atoms with van der Waals surface area (Å²) < 4.78 is 7.69. The van der Waals surface area contributed by atoms with Crippen LogP contribution in [0.2, 0.25) is 10.0 Å². The van der Waals surface area contributed by atoms with Gasteiger partial charge in [-0.05, 0) is 50.6 Å². The smallest absolute Gasteiger partial charge is 0.280 e. The van der Waals surface area contributed by atoms with Crippen LogP contribution in [0, 0.1) is 6.92 Å². The molecule has 2 aliphatic heterocycles. The Morgan fingerprint density at radius 1 is 1.05 bits per heavy atom. The van der Waals surface area contributed by atoms with Crippen LogP contribution in [0.1, 0.15) is 47.2 Å². The van der Waals surface area contributed by atoms with Crippen LogP contribution in [0.5, 0.6) is 5.75 Å². The second-order valence-corrected chi connectivity index (χ2v) is 11.5. The molecule has 0 saturated heterocycles. The number of anilines is 3. The van der Waals surface area contributed by atoms with E-state index in [4.69, 9.17) is 32.9 Å². The normalized spacial score (nSPS) is 17.3. The number of pyridine rings is 1. The molecule has 4 aromatic rings. The van der Waals surface area contributed by atoms with Gasteiger partial charge in [-0.15, -0.1) is 0 Å². The number of hydrogen-bond acceptors (Lipinski definition) is 6. The first-order chi connectivity index (χ1) is 19.5. The molecule has 0 fully saturated rings. The third-order valence-corrected chi connectivity index (χ3v) is 8.11. The zero-order valence-corrected chi connectivity index (χ0v) is 24.9. The van der Waals surface area contributed by atoms with Crippen molar-refractivity contribution in [3.63, 3.8) is 0 Å². The van der Waals surface area contributed by atoms with E-state index >= 15 is 0 Å². The number of methoxy groups -OCH3 is 1. The number of nitrogens with zero attached hydrogens (tertiary/aromatic N) is 5. The maximum Gasteiger partial charge on any atom is 0.280 e. The molecule has 210 valence electrons. The number of carbonyl (C=O) groups excluding carboxylic acids is 2. The summed E-state index contributed by atoms with van der Waals surface area (Å²) in [6, 6.07) is 12.1. The minimum Gasteiger partial charge on any atom is -0.496 e. The van der Waals surface area contributed by atoms with Crippen molar-refractivity contribution in [1.82, 2.24) is 14.5 Å². The lowest BCUT2D eigenvalue weighted by molar-refractivity contribution is -0.119. The minimum absolute atomic E-state index is 0.171. The predicted molar refractivity (Wildman–Crippen MR) is 161 cm³/mol. The van der Waals surface area contributed by atoms with Gasteiger partial charge < -0.3 is 19.5 Å². The average molecular weight is 591 g/mol. The molecule has 1 spiro atoms. The highest BCUT2D eigenvalue weighted by Crippen LogP contribution is 2.55. The molecular formula is C30H28Cl2N6O3. The molecule has 9 nitrogen and oxygen atoms in total. The third-order valence-electron chi connectivity index (χ3n) is 7.64. The topological polar surface area (TPSA) is 92.6 Å². The Kier molecular flexibility index (Phi) is 6.28. The van der Waals surface area contributed by atoms with E-state index in [1.165, 1.54) is 4.90 Å². The summed E-state index contributed by atoms with van der Waals surface area (Å²) in [7, 11) is 5.36. The van der Waals surface area contributed by atoms with Gasteiger partial charge >= 0.3 is 0 Å². The van der Waals surface area contributed by atoms with Gasteiger partial charge in [0.15, 0.2) is 11.2 Å². The van der Waals surface area contributed by atoms with Crippen molar-refractivity contribution in [2.75, 3.05) is 36.3 Å². The number of amides is 2. The Balaban J connectivity index is 1.72. The summed E-state index contributed by atoms with van der Waals surface area (Å²) in [5.74, 6) is 0.923. The van der Waals surface area contributed by atoms with Gasteiger partial charge in [-0.3, -0.25) is 14.5 Å². The SMILES string of the molecule is COc1cc(N(C)C)ncc1-c1nc2c(n1C(C)C)[C@]1(C(=O)Nc3cc(Cl)ccc31)N(c1cc(Cl)ccc1C)C2=O. The molecule has 0 aliphatic carbocycles. The fourth-order valence-corrected chi connectivity index (χ4v) is 6.17. The number of halogens is 2. The fourth-order valence-electron chi connectivity index (χ4n) is 5.83. The molecule has 0 unspecified atom stereocenters. The van der Waals surface area contributed by atoms with Crippen molar-refractivity contribution < 1.29 is 14.3 Å². The number of ether oxygens (including phenoxy) is 1. The van der Waals surface area contributed by atoms with Crippen LogP contribution in [0.3, 0.4) is 0 Å². The lowest BCUT2D eigenvalue weighted by Gasteiger charge is -2.36. The fraction of sp³-hybridized carbons (Fsp3) is 0.267. The van der Waals surface area contributed by atoms with Gasteiger partial charge in [-0.25, -0.2) is 9.97 Å². The van der Waals surface area contributed by atoms with Crippen molar-refractivity contribution in [2.45, 2.75) is 32.4 Å². The van der Waals surface area contributed by atoms with E-state index in [0.29, 0.717) is 55.6 Å². The average Bonchev–Trinajstić information content (AvgIpc) is 3.53. The van der Waals surface area contributed by atoms with Gasteiger partial charge in [0, 0.05) is 53.7 Å². The van der Waals surface area contributed by atoms with Crippen LogP contribution in [0.4, 0.5) is 17.2 Å². The molecule has 2 aromatic heterocycles. The summed E-state index contributed by atoms with van der Waals surface area (Å²) >= 11 is 12.8. The number of carbonyl (C=O) groups is 2. The number of nitrogens with one attached hydrogen (secondary N) is 1. The van der Waals surface area contributed by atoms with Crippen molar-refractivity contribution in [2.24, 2.45) is 0 Å². The van der Waals surface area contributed by atoms with Crippen LogP contribution < -0.4 is 19.9 Å². The van der Waals surface area contributed by atoms with Gasteiger partial charge in [0.2, 0.25) is 0 Å². The zero-order valence-electron chi connectivity index (χ0n) is 23.4. The van der Waals surface area contributed by atoms with Gasteiger partial charge in [-0.2, -0.15) is 0 Å². The summed E-state index contributed by atoms with van der Waals surface area (Å²) in [5.41, 5.74) is 2.09. The van der Waals surface area contributed by atoms with E-state index in [0.717, 1.165) is 5.56 Å². The van der Waals surface area contributed by atoms with Crippen LogP contribution in [-0.2, 0) is 10.3 Å². The molecule has 0 bridgehead atoms. The zero-order chi connectivity index (χ0) is 29.4. The monoisotopic (exact) mass is 590 g/mol. The number of fused-ring (bicyclic) bond motifs is 4. The molecule has 4 heterocycles. The van der Waals surface area contributed by atoms with E-state index in [-0.39, 0.29) is 17.6 Å². The predicted octanol–water partition coefficient (Wildman–Crippen LogP) is 6.07. The van der Waals surface area contributed by atoms with Crippen molar-refractivity contribution in [3.8, 4) is 17.1 Å². The Bertz CT molecular complexity index is 1770. The van der Waals surface area contributed by atoms with Crippen molar-refractivity contribution in [1.29, 1.82) is 0 Å². The van der Waals surface area contributed by atoms with E-state index in [9.17, 15) is 9.59 Å². The Hall–Kier alpha value is -4.08. The highest BCUT2D eigenvalue weighted by Gasteiger charge is 2.64. The number of hydrogen-bond donors (Lipinski definition) is 1. The first-order valence-corrected chi connectivity index (χ1v) is 13.8. The first-order valence-electron chi connectivity index (χ1n) is 13.1. The molecular weight excluding hydrogens is 563 g/mol. The maximum absolute atomic E-state index is 14.5.